The molecule has 4 nitrogen and oxygen atoms in total. The molecular weight excluding hydrogens is 284 g/mol. The van der Waals surface area contributed by atoms with E-state index < -0.39 is 0 Å². The molecule has 3 heterocycles. The van der Waals surface area contributed by atoms with E-state index in [9.17, 15) is 4.79 Å². The maximum atomic E-state index is 12.3. The molecule has 5 heteroatoms. The quantitative estimate of drug-likeness (QED) is 0.856. The van der Waals surface area contributed by atoms with Crippen LogP contribution in [0.3, 0.4) is 0 Å². The molecule has 0 radical (unpaired) electrons. The summed E-state index contributed by atoms with van der Waals surface area (Å²) in [5.41, 5.74) is 1.49. The van der Waals surface area contributed by atoms with E-state index in [2.05, 4.69) is 23.3 Å². The molecule has 2 aliphatic rings. The van der Waals surface area contributed by atoms with Crippen molar-refractivity contribution < 1.29 is 9.53 Å². The van der Waals surface area contributed by atoms with Gasteiger partial charge in [-0.15, -0.1) is 11.3 Å². The van der Waals surface area contributed by atoms with Crippen molar-refractivity contribution >= 4 is 17.2 Å². The van der Waals surface area contributed by atoms with Gasteiger partial charge < -0.3 is 9.64 Å². The van der Waals surface area contributed by atoms with Crippen LogP contribution in [-0.4, -0.2) is 55.1 Å². The summed E-state index contributed by atoms with van der Waals surface area (Å²) in [5, 5.41) is 2.20. The van der Waals surface area contributed by atoms with Crippen LogP contribution in [-0.2, 0) is 16.0 Å². The molecule has 0 saturated carbocycles. The van der Waals surface area contributed by atoms with E-state index in [1.54, 1.807) is 0 Å². The summed E-state index contributed by atoms with van der Waals surface area (Å²) in [6.45, 7) is 7.09. The van der Waals surface area contributed by atoms with E-state index in [0.717, 1.165) is 39.0 Å². The summed E-state index contributed by atoms with van der Waals surface area (Å²) >= 11 is 1.88. The fraction of sp³-hybridized carbons (Fsp3) is 0.688. The summed E-state index contributed by atoms with van der Waals surface area (Å²) in [7, 11) is 0. The second kappa shape index (κ2) is 6.90. The van der Waals surface area contributed by atoms with Gasteiger partial charge in [-0.1, -0.05) is 6.92 Å². The van der Waals surface area contributed by atoms with Crippen LogP contribution < -0.4 is 0 Å². The van der Waals surface area contributed by atoms with Crippen molar-refractivity contribution in [2.75, 3.05) is 39.4 Å². The van der Waals surface area contributed by atoms with Crippen molar-refractivity contribution in [1.82, 2.24) is 9.80 Å². The molecule has 1 atom stereocenters. The van der Waals surface area contributed by atoms with Crippen LogP contribution in [0.15, 0.2) is 11.4 Å². The molecule has 0 aromatic carbocycles. The maximum Gasteiger partial charge on any atom is 0.224 e. The fourth-order valence-electron chi connectivity index (χ4n) is 3.40. The molecule has 1 aromatic heterocycles. The number of nitrogens with zero attached hydrogens (tertiary/aromatic N) is 2. The van der Waals surface area contributed by atoms with Crippen LogP contribution in [0.2, 0.25) is 0 Å². The average Bonchev–Trinajstić information content (AvgIpc) is 3.01. The summed E-state index contributed by atoms with van der Waals surface area (Å²) < 4.78 is 5.31. The molecule has 116 valence electrons. The second-order valence-electron chi connectivity index (χ2n) is 5.75. The molecule has 0 unspecified atom stereocenters. The van der Waals surface area contributed by atoms with Crippen LogP contribution in [0.5, 0.6) is 0 Å². The van der Waals surface area contributed by atoms with Gasteiger partial charge in [0.05, 0.1) is 13.2 Å². The number of rotatable bonds is 4. The normalized spacial score (nSPS) is 23.1. The zero-order valence-corrected chi connectivity index (χ0v) is 13.5. The minimum absolute atomic E-state index is 0.282. The predicted octanol–water partition coefficient (Wildman–Crippen LogP) is 2.31. The number of hydrogen-bond donors (Lipinski definition) is 0. The van der Waals surface area contributed by atoms with E-state index in [-0.39, 0.29) is 5.91 Å². The van der Waals surface area contributed by atoms with Crippen molar-refractivity contribution in [3.05, 3.63) is 21.9 Å². The zero-order valence-electron chi connectivity index (χ0n) is 12.7. The SMILES string of the molecule is CC[C@H]1c2ccsc2CCN1CCC(=O)N1CCOCC1. The third kappa shape index (κ3) is 3.30. The van der Waals surface area contributed by atoms with E-state index in [0.29, 0.717) is 25.7 Å². The number of thiophene rings is 1. The smallest absolute Gasteiger partial charge is 0.224 e. The first-order valence-electron chi connectivity index (χ1n) is 7.95. The van der Waals surface area contributed by atoms with Crippen molar-refractivity contribution in [2.45, 2.75) is 32.2 Å². The monoisotopic (exact) mass is 308 g/mol. The predicted molar refractivity (Wildman–Crippen MR) is 84.6 cm³/mol. The Labute approximate surface area is 130 Å². The highest BCUT2D eigenvalue weighted by atomic mass is 32.1. The van der Waals surface area contributed by atoms with Gasteiger partial charge in [-0.2, -0.15) is 0 Å². The van der Waals surface area contributed by atoms with Gasteiger partial charge in [0.15, 0.2) is 0 Å². The van der Waals surface area contributed by atoms with Gasteiger partial charge >= 0.3 is 0 Å². The summed E-state index contributed by atoms with van der Waals surface area (Å²) in [6, 6.07) is 2.77. The summed E-state index contributed by atoms with van der Waals surface area (Å²) in [4.78, 5) is 18.3. The van der Waals surface area contributed by atoms with Crippen molar-refractivity contribution in [2.24, 2.45) is 0 Å². The Kier molecular flexibility index (Phi) is 4.93. The number of fused-ring (bicyclic) bond motifs is 1. The third-order valence-electron chi connectivity index (χ3n) is 4.57. The van der Waals surface area contributed by atoms with E-state index in [4.69, 9.17) is 4.74 Å². The Morgan fingerprint density at radius 2 is 2.19 bits per heavy atom. The summed E-state index contributed by atoms with van der Waals surface area (Å²) in [6.07, 6.45) is 2.89. The van der Waals surface area contributed by atoms with Crippen molar-refractivity contribution in [3.8, 4) is 0 Å². The van der Waals surface area contributed by atoms with Crippen LogP contribution in [0.1, 0.15) is 36.2 Å². The highest BCUT2D eigenvalue weighted by Gasteiger charge is 2.27. The Balaban J connectivity index is 1.56. The lowest BCUT2D eigenvalue weighted by Crippen LogP contribution is -2.43. The van der Waals surface area contributed by atoms with Gasteiger partial charge in [0, 0.05) is 43.5 Å². The van der Waals surface area contributed by atoms with Crippen LogP contribution in [0.4, 0.5) is 0 Å². The number of carbonyl (C=O) groups excluding carboxylic acids is 1. The molecule has 0 aliphatic carbocycles. The third-order valence-corrected chi connectivity index (χ3v) is 5.57. The number of morpholine rings is 1. The Bertz CT molecular complexity index is 482. The number of carbonyl (C=O) groups is 1. The Morgan fingerprint density at radius 3 is 2.95 bits per heavy atom. The van der Waals surface area contributed by atoms with E-state index >= 15 is 0 Å². The molecule has 0 spiro atoms. The first-order valence-corrected chi connectivity index (χ1v) is 8.83. The molecular formula is C16H24N2O2S. The molecule has 2 aliphatic heterocycles. The highest BCUT2D eigenvalue weighted by Crippen LogP contribution is 2.35. The molecule has 1 saturated heterocycles. The van der Waals surface area contributed by atoms with Gasteiger partial charge in [0.25, 0.3) is 0 Å². The van der Waals surface area contributed by atoms with Gasteiger partial charge in [0.1, 0.15) is 0 Å². The second-order valence-corrected chi connectivity index (χ2v) is 6.75. The minimum Gasteiger partial charge on any atom is -0.378 e. The van der Waals surface area contributed by atoms with Gasteiger partial charge in [-0.3, -0.25) is 9.69 Å². The lowest BCUT2D eigenvalue weighted by Gasteiger charge is -2.36. The molecule has 0 bridgehead atoms. The lowest BCUT2D eigenvalue weighted by molar-refractivity contribution is -0.135. The molecule has 0 N–H and O–H groups in total. The largest absolute Gasteiger partial charge is 0.378 e. The number of amides is 1. The highest BCUT2D eigenvalue weighted by molar-refractivity contribution is 7.10. The average molecular weight is 308 g/mol. The topological polar surface area (TPSA) is 32.8 Å². The summed E-state index contributed by atoms with van der Waals surface area (Å²) in [5.74, 6) is 0.282. The molecule has 21 heavy (non-hydrogen) atoms. The molecule has 1 amide bonds. The minimum atomic E-state index is 0.282. The van der Waals surface area contributed by atoms with Crippen LogP contribution >= 0.6 is 11.3 Å². The standard InChI is InChI=1S/C16H24N2O2S/c1-2-14-13-5-12-21-15(13)3-6-17(14)7-4-16(19)18-8-10-20-11-9-18/h5,12,14H,2-4,6-11H2,1H3/t14-/m0/s1. The lowest BCUT2D eigenvalue weighted by atomic mass is 9.97. The van der Waals surface area contributed by atoms with Gasteiger partial charge in [-0.25, -0.2) is 0 Å². The van der Waals surface area contributed by atoms with Gasteiger partial charge in [0.2, 0.25) is 5.91 Å². The maximum absolute atomic E-state index is 12.3. The Morgan fingerprint density at radius 1 is 1.38 bits per heavy atom. The molecule has 3 rings (SSSR count). The van der Waals surface area contributed by atoms with Crippen molar-refractivity contribution in [1.29, 1.82) is 0 Å². The molecule has 1 fully saturated rings. The first kappa shape index (κ1) is 15.0. The fourth-order valence-corrected chi connectivity index (χ4v) is 4.33. The van der Waals surface area contributed by atoms with E-state index in [1.807, 2.05) is 16.2 Å². The zero-order chi connectivity index (χ0) is 14.7. The first-order chi connectivity index (χ1) is 10.3. The Hall–Kier alpha value is -0.910. The van der Waals surface area contributed by atoms with Gasteiger partial charge in [-0.05, 0) is 29.9 Å². The van der Waals surface area contributed by atoms with Crippen LogP contribution in [0, 0.1) is 0 Å². The van der Waals surface area contributed by atoms with Crippen LogP contribution in [0.25, 0.3) is 0 Å². The van der Waals surface area contributed by atoms with Crippen molar-refractivity contribution in [3.63, 3.8) is 0 Å². The van der Waals surface area contributed by atoms with E-state index in [1.165, 1.54) is 10.4 Å². The number of hydrogen-bond acceptors (Lipinski definition) is 4. The molecule has 1 aromatic rings. The number of ether oxygens (including phenoxy) is 1.